The summed E-state index contributed by atoms with van der Waals surface area (Å²) in [5, 5.41) is 9.44. The molecule has 3 N–H and O–H groups in total. The van der Waals surface area contributed by atoms with Gasteiger partial charge in [-0.3, -0.25) is 9.59 Å². The van der Waals surface area contributed by atoms with E-state index in [-0.39, 0.29) is 12.5 Å². The monoisotopic (exact) mass is 307 g/mol. The minimum atomic E-state index is -1.04. The molecule has 2 rings (SSSR count). The topological polar surface area (TPSA) is 96.5 Å². The average Bonchev–Trinajstić information content (AvgIpc) is 2.72. The number of thiazole rings is 1. The van der Waals surface area contributed by atoms with Crippen molar-refractivity contribution < 1.29 is 14.7 Å². The number of hydrogen-bond acceptors (Lipinski definition) is 5. The lowest BCUT2D eigenvalue weighted by molar-refractivity contribution is -0.138. The van der Waals surface area contributed by atoms with Gasteiger partial charge in [-0.25, -0.2) is 4.98 Å². The number of aliphatic carboxylic acids is 1. The smallest absolute Gasteiger partial charge is 0.323 e. The van der Waals surface area contributed by atoms with Crippen molar-refractivity contribution in [1.82, 2.24) is 9.88 Å². The summed E-state index contributed by atoms with van der Waals surface area (Å²) in [6, 6.07) is 5.06. The standard InChI is InChI=1S/C14H17N3O3S/c1-14(2,3)17(7-11(18)19)12(20)8-4-5-9-10(6-8)21-13(15)16-9/h4-6H,7H2,1-3H3,(H2,15,16)(H,18,19). The van der Waals surface area contributed by atoms with E-state index in [1.165, 1.54) is 16.2 Å². The first kappa shape index (κ1) is 15.2. The number of carboxylic acids is 1. The van der Waals surface area contributed by atoms with Gasteiger partial charge in [-0.1, -0.05) is 11.3 Å². The first-order valence-electron chi connectivity index (χ1n) is 6.38. The van der Waals surface area contributed by atoms with E-state index >= 15 is 0 Å². The van der Waals surface area contributed by atoms with Gasteiger partial charge >= 0.3 is 5.97 Å². The molecule has 0 saturated carbocycles. The lowest BCUT2D eigenvalue weighted by Crippen LogP contribution is -2.48. The van der Waals surface area contributed by atoms with E-state index in [0.717, 1.165) is 10.2 Å². The number of carbonyl (C=O) groups excluding carboxylic acids is 1. The summed E-state index contributed by atoms with van der Waals surface area (Å²) in [6.45, 7) is 5.07. The molecule has 1 aromatic heterocycles. The molecule has 0 saturated heterocycles. The second-order valence-corrected chi connectivity index (χ2v) is 6.75. The van der Waals surface area contributed by atoms with E-state index in [2.05, 4.69) is 4.98 Å². The normalized spacial score (nSPS) is 11.6. The van der Waals surface area contributed by atoms with Crippen LogP contribution in [0.25, 0.3) is 10.2 Å². The highest BCUT2D eigenvalue weighted by molar-refractivity contribution is 7.22. The van der Waals surface area contributed by atoms with Crippen molar-refractivity contribution in [2.24, 2.45) is 0 Å². The van der Waals surface area contributed by atoms with Crippen LogP contribution in [0.3, 0.4) is 0 Å². The summed E-state index contributed by atoms with van der Waals surface area (Å²) in [7, 11) is 0. The lowest BCUT2D eigenvalue weighted by Gasteiger charge is -2.34. The predicted octanol–water partition coefficient (Wildman–Crippen LogP) is 2.20. The maximum Gasteiger partial charge on any atom is 0.323 e. The fraction of sp³-hybridized carbons (Fsp3) is 0.357. The number of nitrogen functional groups attached to an aromatic ring is 1. The third-order valence-corrected chi connectivity index (χ3v) is 3.85. The summed E-state index contributed by atoms with van der Waals surface area (Å²) in [6.07, 6.45) is 0. The SMILES string of the molecule is CC(C)(C)N(CC(=O)O)C(=O)c1ccc2nc(N)sc2c1. The predicted molar refractivity (Wildman–Crippen MR) is 82.5 cm³/mol. The van der Waals surface area contributed by atoms with E-state index in [1.54, 1.807) is 39.0 Å². The Balaban J connectivity index is 2.40. The Bertz CT molecular complexity index is 703. The van der Waals surface area contributed by atoms with Gasteiger partial charge < -0.3 is 15.7 Å². The van der Waals surface area contributed by atoms with E-state index in [1.807, 2.05) is 0 Å². The number of carboxylic acid groups (broad SMARTS) is 1. The largest absolute Gasteiger partial charge is 0.480 e. The van der Waals surface area contributed by atoms with Gasteiger partial charge in [0.05, 0.1) is 10.2 Å². The first-order chi connectivity index (χ1) is 9.68. The molecule has 2 aromatic rings. The van der Waals surface area contributed by atoms with Gasteiger partial charge in [-0.05, 0) is 39.0 Å². The molecule has 0 aliphatic carbocycles. The minimum absolute atomic E-state index is 0.321. The van der Waals surface area contributed by atoms with Crippen LogP contribution in [-0.2, 0) is 4.79 Å². The van der Waals surface area contributed by atoms with Crippen molar-refractivity contribution in [2.45, 2.75) is 26.3 Å². The molecular weight excluding hydrogens is 290 g/mol. The van der Waals surface area contributed by atoms with Crippen LogP contribution in [-0.4, -0.2) is 39.0 Å². The lowest BCUT2D eigenvalue weighted by atomic mass is 10.0. The van der Waals surface area contributed by atoms with E-state index in [9.17, 15) is 9.59 Å². The molecule has 1 amide bonds. The quantitative estimate of drug-likeness (QED) is 0.906. The zero-order chi connectivity index (χ0) is 15.8. The number of hydrogen-bond donors (Lipinski definition) is 2. The van der Waals surface area contributed by atoms with Gasteiger partial charge in [0.25, 0.3) is 5.91 Å². The molecule has 0 aliphatic rings. The van der Waals surface area contributed by atoms with Crippen molar-refractivity contribution >= 4 is 38.6 Å². The highest BCUT2D eigenvalue weighted by Gasteiger charge is 2.29. The fourth-order valence-electron chi connectivity index (χ4n) is 1.98. The summed E-state index contributed by atoms with van der Waals surface area (Å²) in [5.74, 6) is -1.36. The molecule has 112 valence electrons. The third kappa shape index (κ3) is 3.30. The molecule has 7 heteroatoms. The fourth-order valence-corrected chi connectivity index (χ4v) is 2.75. The molecule has 1 aromatic carbocycles. The highest BCUT2D eigenvalue weighted by Crippen LogP contribution is 2.26. The first-order valence-corrected chi connectivity index (χ1v) is 7.20. The van der Waals surface area contributed by atoms with Crippen LogP contribution in [0.2, 0.25) is 0 Å². The number of rotatable bonds is 3. The van der Waals surface area contributed by atoms with Crippen molar-refractivity contribution in [3.63, 3.8) is 0 Å². The number of nitrogens with zero attached hydrogens (tertiary/aromatic N) is 2. The van der Waals surface area contributed by atoms with Crippen molar-refractivity contribution in [3.05, 3.63) is 23.8 Å². The van der Waals surface area contributed by atoms with Crippen LogP contribution in [0.4, 0.5) is 5.13 Å². The number of benzene rings is 1. The van der Waals surface area contributed by atoms with Gasteiger partial charge in [0, 0.05) is 11.1 Å². The Kier molecular flexibility index (Phi) is 3.87. The summed E-state index contributed by atoms with van der Waals surface area (Å²) in [5.41, 5.74) is 6.22. The van der Waals surface area contributed by atoms with Gasteiger partial charge in [-0.15, -0.1) is 0 Å². The number of anilines is 1. The Morgan fingerprint density at radius 3 is 2.62 bits per heavy atom. The van der Waals surface area contributed by atoms with Gasteiger partial charge in [-0.2, -0.15) is 0 Å². The number of carbonyl (C=O) groups is 2. The Morgan fingerprint density at radius 1 is 1.38 bits per heavy atom. The van der Waals surface area contributed by atoms with E-state index < -0.39 is 11.5 Å². The Morgan fingerprint density at radius 2 is 2.05 bits per heavy atom. The maximum absolute atomic E-state index is 12.6. The van der Waals surface area contributed by atoms with E-state index in [0.29, 0.717) is 10.7 Å². The Hall–Kier alpha value is -2.15. The zero-order valence-electron chi connectivity index (χ0n) is 12.1. The molecule has 0 atom stereocenters. The maximum atomic E-state index is 12.6. The van der Waals surface area contributed by atoms with Crippen LogP contribution in [0.5, 0.6) is 0 Å². The molecule has 6 nitrogen and oxygen atoms in total. The van der Waals surface area contributed by atoms with Gasteiger partial charge in [0.15, 0.2) is 5.13 Å². The van der Waals surface area contributed by atoms with Crippen LogP contribution >= 0.6 is 11.3 Å². The van der Waals surface area contributed by atoms with Crippen LogP contribution in [0.1, 0.15) is 31.1 Å². The molecule has 0 spiro atoms. The van der Waals surface area contributed by atoms with Crippen LogP contribution < -0.4 is 5.73 Å². The van der Waals surface area contributed by atoms with Crippen molar-refractivity contribution in [1.29, 1.82) is 0 Å². The second kappa shape index (κ2) is 5.33. The third-order valence-electron chi connectivity index (χ3n) is 3.00. The van der Waals surface area contributed by atoms with Gasteiger partial charge in [0.1, 0.15) is 6.54 Å². The number of aromatic nitrogens is 1. The molecular formula is C14H17N3O3S. The van der Waals surface area contributed by atoms with Gasteiger partial charge in [0.2, 0.25) is 0 Å². The zero-order valence-corrected chi connectivity index (χ0v) is 12.9. The molecule has 0 aliphatic heterocycles. The number of fused-ring (bicyclic) bond motifs is 1. The average molecular weight is 307 g/mol. The van der Waals surface area contributed by atoms with Crippen LogP contribution in [0, 0.1) is 0 Å². The second-order valence-electron chi connectivity index (χ2n) is 5.69. The molecule has 0 fully saturated rings. The molecule has 0 radical (unpaired) electrons. The molecule has 21 heavy (non-hydrogen) atoms. The number of nitrogens with two attached hydrogens (primary N) is 1. The molecule has 0 unspecified atom stereocenters. The van der Waals surface area contributed by atoms with Crippen molar-refractivity contribution in [3.8, 4) is 0 Å². The summed E-state index contributed by atoms with van der Waals surface area (Å²) in [4.78, 5) is 29.0. The summed E-state index contributed by atoms with van der Waals surface area (Å²) >= 11 is 1.30. The van der Waals surface area contributed by atoms with E-state index in [4.69, 9.17) is 10.8 Å². The molecule has 0 bridgehead atoms. The number of amides is 1. The summed E-state index contributed by atoms with van der Waals surface area (Å²) < 4.78 is 0.808. The van der Waals surface area contributed by atoms with Crippen LogP contribution in [0.15, 0.2) is 18.2 Å². The Labute approximate surface area is 126 Å². The minimum Gasteiger partial charge on any atom is -0.480 e. The molecule has 1 heterocycles. The highest BCUT2D eigenvalue weighted by atomic mass is 32.1. The van der Waals surface area contributed by atoms with Crippen molar-refractivity contribution in [2.75, 3.05) is 12.3 Å².